The molecule has 1 unspecified atom stereocenters. The fourth-order valence-corrected chi connectivity index (χ4v) is 3.87. The molecule has 1 fully saturated rings. The smallest absolute Gasteiger partial charge is 0.307 e. The maximum Gasteiger partial charge on any atom is 0.307 e. The minimum Gasteiger partial charge on any atom is -0.481 e. The van der Waals surface area contributed by atoms with Crippen LogP contribution in [0.3, 0.4) is 0 Å². The number of carbonyl (C=O) groups is 1. The summed E-state index contributed by atoms with van der Waals surface area (Å²) in [7, 11) is 0. The summed E-state index contributed by atoms with van der Waals surface area (Å²) in [5.74, 6) is -1.60. The highest BCUT2D eigenvalue weighted by Gasteiger charge is 2.25. The third-order valence-electron chi connectivity index (χ3n) is 5.50. The topological polar surface area (TPSA) is 49.8 Å². The molecule has 0 bridgehead atoms. The van der Waals surface area contributed by atoms with Gasteiger partial charge < -0.3 is 14.7 Å². The molecule has 156 valence electrons. The Balaban J connectivity index is 1.51. The quantitative estimate of drug-likeness (QED) is 0.635. The van der Waals surface area contributed by atoms with Crippen molar-refractivity contribution in [2.75, 3.05) is 32.8 Å². The van der Waals surface area contributed by atoms with Crippen molar-refractivity contribution in [1.82, 2.24) is 4.90 Å². The SMILES string of the molecule is O=C(O)C1CCCN(CCOCCC(c2ccc(F)cc2)c2ccc(F)cc2)C1. The van der Waals surface area contributed by atoms with Gasteiger partial charge in [0.15, 0.2) is 0 Å². The van der Waals surface area contributed by atoms with E-state index in [2.05, 4.69) is 4.90 Å². The van der Waals surface area contributed by atoms with Crippen LogP contribution in [0.5, 0.6) is 0 Å². The number of carboxylic acids is 1. The first-order chi connectivity index (χ1) is 14.0. The fraction of sp³-hybridized carbons (Fsp3) is 0.435. The number of likely N-dealkylation sites (tertiary alicyclic amines) is 1. The largest absolute Gasteiger partial charge is 0.481 e. The van der Waals surface area contributed by atoms with Crippen LogP contribution in [-0.4, -0.2) is 48.8 Å². The number of aliphatic carboxylic acids is 1. The van der Waals surface area contributed by atoms with E-state index in [-0.39, 0.29) is 23.5 Å². The highest BCUT2D eigenvalue weighted by molar-refractivity contribution is 5.70. The molecule has 1 heterocycles. The van der Waals surface area contributed by atoms with E-state index in [1.54, 1.807) is 24.3 Å². The second-order valence-corrected chi connectivity index (χ2v) is 7.53. The van der Waals surface area contributed by atoms with E-state index in [1.807, 2.05) is 0 Å². The zero-order valence-corrected chi connectivity index (χ0v) is 16.4. The standard InChI is InChI=1S/C23H27F2NO3/c24-20-7-3-17(4-8-20)22(18-5-9-21(25)10-6-18)11-14-29-15-13-26-12-1-2-19(16-26)23(27)28/h3-10,19,22H,1-2,11-16H2,(H,27,28). The summed E-state index contributed by atoms with van der Waals surface area (Å²) in [6, 6.07) is 12.7. The van der Waals surface area contributed by atoms with Crippen molar-refractivity contribution in [3.63, 3.8) is 0 Å². The predicted molar refractivity (Wildman–Crippen MR) is 107 cm³/mol. The average Bonchev–Trinajstić information content (AvgIpc) is 2.73. The molecule has 0 saturated carbocycles. The van der Waals surface area contributed by atoms with Gasteiger partial charge in [-0.25, -0.2) is 8.78 Å². The Bertz CT molecular complexity index is 734. The van der Waals surface area contributed by atoms with Crippen molar-refractivity contribution >= 4 is 5.97 Å². The molecule has 29 heavy (non-hydrogen) atoms. The second kappa shape index (κ2) is 10.5. The molecule has 0 aromatic heterocycles. The van der Waals surface area contributed by atoms with Gasteiger partial charge in [-0.3, -0.25) is 4.79 Å². The molecular weight excluding hydrogens is 376 g/mol. The molecule has 0 aliphatic carbocycles. The molecule has 1 N–H and O–H groups in total. The van der Waals surface area contributed by atoms with Crippen LogP contribution in [0, 0.1) is 17.6 Å². The first kappa shape index (κ1) is 21.4. The summed E-state index contributed by atoms with van der Waals surface area (Å²) in [6.45, 7) is 3.23. The molecule has 0 spiro atoms. The number of hydrogen-bond acceptors (Lipinski definition) is 3. The van der Waals surface area contributed by atoms with Crippen molar-refractivity contribution in [3.8, 4) is 0 Å². The summed E-state index contributed by atoms with van der Waals surface area (Å²) >= 11 is 0. The van der Waals surface area contributed by atoms with Crippen molar-refractivity contribution in [2.45, 2.75) is 25.2 Å². The molecule has 1 aliphatic rings. The minimum absolute atomic E-state index is 0.0115. The van der Waals surface area contributed by atoms with Gasteiger partial charge in [0.25, 0.3) is 0 Å². The predicted octanol–water partition coefficient (Wildman–Crippen LogP) is 4.30. The summed E-state index contributed by atoms with van der Waals surface area (Å²) in [4.78, 5) is 13.3. The Hall–Kier alpha value is -2.31. The van der Waals surface area contributed by atoms with Crippen molar-refractivity contribution in [2.24, 2.45) is 5.92 Å². The van der Waals surface area contributed by atoms with E-state index in [0.717, 1.165) is 30.5 Å². The molecule has 4 nitrogen and oxygen atoms in total. The lowest BCUT2D eigenvalue weighted by atomic mass is 9.89. The van der Waals surface area contributed by atoms with Gasteiger partial charge in [0.1, 0.15) is 11.6 Å². The molecule has 3 rings (SSSR count). The number of piperidine rings is 1. The van der Waals surface area contributed by atoms with Gasteiger partial charge in [-0.15, -0.1) is 0 Å². The van der Waals surface area contributed by atoms with Crippen LogP contribution in [0.15, 0.2) is 48.5 Å². The summed E-state index contributed by atoms with van der Waals surface area (Å²) in [5.41, 5.74) is 1.92. The van der Waals surface area contributed by atoms with Gasteiger partial charge in [-0.05, 0) is 61.2 Å². The van der Waals surface area contributed by atoms with Gasteiger partial charge >= 0.3 is 5.97 Å². The van der Waals surface area contributed by atoms with Crippen molar-refractivity contribution in [3.05, 3.63) is 71.3 Å². The van der Waals surface area contributed by atoms with E-state index in [1.165, 1.54) is 24.3 Å². The third-order valence-corrected chi connectivity index (χ3v) is 5.50. The zero-order chi connectivity index (χ0) is 20.6. The lowest BCUT2D eigenvalue weighted by Gasteiger charge is -2.30. The molecule has 1 saturated heterocycles. The summed E-state index contributed by atoms with van der Waals surface area (Å²) in [5, 5.41) is 9.17. The number of halogens is 2. The molecule has 1 aliphatic heterocycles. The van der Waals surface area contributed by atoms with E-state index >= 15 is 0 Å². The Morgan fingerprint density at radius 2 is 1.62 bits per heavy atom. The molecular formula is C23H27F2NO3. The Kier molecular flexibility index (Phi) is 7.72. The Labute approximate surface area is 170 Å². The van der Waals surface area contributed by atoms with Gasteiger partial charge in [0.05, 0.1) is 12.5 Å². The fourth-order valence-electron chi connectivity index (χ4n) is 3.87. The highest BCUT2D eigenvalue weighted by atomic mass is 19.1. The van der Waals surface area contributed by atoms with E-state index < -0.39 is 5.97 Å². The van der Waals surface area contributed by atoms with Crippen LogP contribution in [0.1, 0.15) is 36.3 Å². The van der Waals surface area contributed by atoms with Crippen LogP contribution in [0.25, 0.3) is 0 Å². The monoisotopic (exact) mass is 403 g/mol. The third kappa shape index (κ3) is 6.34. The van der Waals surface area contributed by atoms with Gasteiger partial charge in [0.2, 0.25) is 0 Å². The number of nitrogens with zero attached hydrogens (tertiary/aromatic N) is 1. The van der Waals surface area contributed by atoms with Crippen LogP contribution < -0.4 is 0 Å². The Morgan fingerprint density at radius 3 is 2.17 bits per heavy atom. The summed E-state index contributed by atoms with van der Waals surface area (Å²) < 4.78 is 32.4. The molecule has 6 heteroatoms. The number of rotatable bonds is 9. The Morgan fingerprint density at radius 1 is 1.03 bits per heavy atom. The summed E-state index contributed by atoms with van der Waals surface area (Å²) in [6.07, 6.45) is 2.33. The van der Waals surface area contributed by atoms with Crippen LogP contribution >= 0.6 is 0 Å². The number of benzene rings is 2. The number of ether oxygens (including phenoxy) is 1. The lowest BCUT2D eigenvalue weighted by molar-refractivity contribution is -0.143. The molecule has 2 aromatic carbocycles. The minimum atomic E-state index is -0.725. The van der Waals surface area contributed by atoms with Crippen LogP contribution in [0.2, 0.25) is 0 Å². The van der Waals surface area contributed by atoms with Crippen LogP contribution in [-0.2, 0) is 9.53 Å². The van der Waals surface area contributed by atoms with Crippen molar-refractivity contribution < 1.29 is 23.4 Å². The number of hydrogen-bond donors (Lipinski definition) is 1. The second-order valence-electron chi connectivity index (χ2n) is 7.53. The van der Waals surface area contributed by atoms with E-state index in [4.69, 9.17) is 4.74 Å². The highest BCUT2D eigenvalue weighted by Crippen LogP contribution is 2.28. The van der Waals surface area contributed by atoms with Crippen LogP contribution in [0.4, 0.5) is 8.78 Å². The number of carboxylic acid groups (broad SMARTS) is 1. The zero-order valence-electron chi connectivity index (χ0n) is 16.4. The van der Waals surface area contributed by atoms with Crippen molar-refractivity contribution in [1.29, 1.82) is 0 Å². The van der Waals surface area contributed by atoms with E-state index in [9.17, 15) is 18.7 Å². The molecule has 1 atom stereocenters. The average molecular weight is 403 g/mol. The normalized spacial score (nSPS) is 17.6. The van der Waals surface area contributed by atoms with E-state index in [0.29, 0.717) is 32.7 Å². The molecule has 0 amide bonds. The van der Waals surface area contributed by atoms with Gasteiger partial charge in [0, 0.05) is 25.6 Å². The molecule has 0 radical (unpaired) electrons. The lowest BCUT2D eigenvalue weighted by Crippen LogP contribution is -2.40. The van der Waals surface area contributed by atoms with Gasteiger partial charge in [-0.1, -0.05) is 24.3 Å². The maximum atomic E-state index is 13.3. The maximum absolute atomic E-state index is 13.3. The first-order valence-corrected chi connectivity index (χ1v) is 10.1. The van der Waals surface area contributed by atoms with Gasteiger partial charge in [-0.2, -0.15) is 0 Å². The first-order valence-electron chi connectivity index (χ1n) is 10.1. The molecule has 2 aromatic rings.